The molecule has 21 heavy (non-hydrogen) atoms. The zero-order valence-electron chi connectivity index (χ0n) is 12.5. The first-order valence-corrected chi connectivity index (χ1v) is 7.16. The van der Waals surface area contributed by atoms with Gasteiger partial charge in [-0.3, -0.25) is 0 Å². The molecule has 0 aliphatic rings. The van der Waals surface area contributed by atoms with E-state index in [1.165, 1.54) is 12.1 Å². The summed E-state index contributed by atoms with van der Waals surface area (Å²) >= 11 is 0. The van der Waals surface area contributed by atoms with Crippen LogP contribution in [0.3, 0.4) is 0 Å². The molecule has 1 aromatic rings. The predicted molar refractivity (Wildman–Crippen MR) is 77.1 cm³/mol. The lowest BCUT2D eigenvalue weighted by molar-refractivity contribution is -0.137. The Kier molecular flexibility index (Phi) is 7.14. The lowest BCUT2D eigenvalue weighted by Crippen LogP contribution is -2.33. The number of halogens is 3. The fourth-order valence-electron chi connectivity index (χ4n) is 2.06. The number of nitrogens with one attached hydrogen (secondary N) is 1. The first-order valence-electron chi connectivity index (χ1n) is 7.16. The molecule has 0 heterocycles. The molecule has 1 aromatic carbocycles. The van der Waals surface area contributed by atoms with E-state index in [1.54, 1.807) is 0 Å². The van der Waals surface area contributed by atoms with Gasteiger partial charge in [-0.05, 0) is 30.8 Å². The highest BCUT2D eigenvalue weighted by Gasteiger charge is 2.30. The molecule has 3 nitrogen and oxygen atoms in total. The maximum atomic E-state index is 12.6. The van der Waals surface area contributed by atoms with Crippen molar-refractivity contribution in [2.75, 3.05) is 32.7 Å². The van der Waals surface area contributed by atoms with E-state index in [-0.39, 0.29) is 12.1 Å². The number of aliphatic hydroxyl groups excluding tert-OH is 1. The number of likely N-dealkylation sites (N-methyl/N-ethyl adjacent to an activating group) is 1. The van der Waals surface area contributed by atoms with Crippen molar-refractivity contribution >= 4 is 0 Å². The Hall–Kier alpha value is -1.11. The van der Waals surface area contributed by atoms with E-state index >= 15 is 0 Å². The number of hydrogen-bond donors (Lipinski definition) is 2. The van der Waals surface area contributed by atoms with Crippen molar-refractivity contribution in [1.29, 1.82) is 0 Å². The van der Waals surface area contributed by atoms with E-state index in [9.17, 15) is 18.3 Å². The van der Waals surface area contributed by atoms with Crippen LogP contribution in [0.4, 0.5) is 13.2 Å². The minimum Gasteiger partial charge on any atom is -0.387 e. The van der Waals surface area contributed by atoms with Crippen LogP contribution in [-0.4, -0.2) is 42.7 Å². The molecule has 1 atom stereocenters. The van der Waals surface area contributed by atoms with E-state index < -0.39 is 17.8 Å². The second-order valence-corrected chi connectivity index (χ2v) is 4.87. The molecule has 2 N–H and O–H groups in total. The Balaban J connectivity index is 2.47. The van der Waals surface area contributed by atoms with E-state index in [1.807, 2.05) is 0 Å². The van der Waals surface area contributed by atoms with Crippen LogP contribution in [0.25, 0.3) is 0 Å². The molecule has 0 radical (unpaired) electrons. The maximum Gasteiger partial charge on any atom is 0.416 e. The second-order valence-electron chi connectivity index (χ2n) is 4.87. The number of aliphatic hydroxyl groups is 1. The van der Waals surface area contributed by atoms with Crippen LogP contribution in [0.5, 0.6) is 0 Å². The van der Waals surface area contributed by atoms with Gasteiger partial charge in [0.2, 0.25) is 0 Å². The molecule has 0 aliphatic carbocycles. The van der Waals surface area contributed by atoms with Crippen molar-refractivity contribution in [2.24, 2.45) is 0 Å². The van der Waals surface area contributed by atoms with Crippen molar-refractivity contribution < 1.29 is 18.3 Å². The molecular weight excluding hydrogens is 281 g/mol. The molecule has 0 amide bonds. The summed E-state index contributed by atoms with van der Waals surface area (Å²) in [5, 5.41) is 13.0. The molecule has 1 rings (SSSR count). The van der Waals surface area contributed by atoms with Gasteiger partial charge in [0.1, 0.15) is 0 Å². The second kappa shape index (κ2) is 8.36. The van der Waals surface area contributed by atoms with Gasteiger partial charge in [0, 0.05) is 19.6 Å². The molecule has 0 spiro atoms. The van der Waals surface area contributed by atoms with Crippen LogP contribution in [0.2, 0.25) is 0 Å². The number of hydrogen-bond acceptors (Lipinski definition) is 3. The Bertz CT molecular complexity index is 420. The van der Waals surface area contributed by atoms with Gasteiger partial charge in [-0.25, -0.2) is 0 Å². The molecule has 0 saturated carbocycles. The standard InChI is InChI=1S/C15H23F3N2O/c1-3-20(4-2)9-8-19-11-14(21)12-6-5-7-13(10-12)15(16,17)18/h5-7,10,14,19,21H,3-4,8-9,11H2,1-2H3. The normalized spacial score (nSPS) is 13.7. The molecule has 0 fully saturated rings. The molecular formula is C15H23F3N2O. The number of nitrogens with zero attached hydrogens (tertiary/aromatic N) is 1. The van der Waals surface area contributed by atoms with Crippen LogP contribution in [0.15, 0.2) is 24.3 Å². The molecule has 0 bridgehead atoms. The number of alkyl halides is 3. The van der Waals surface area contributed by atoms with E-state index in [4.69, 9.17) is 0 Å². The van der Waals surface area contributed by atoms with Crippen LogP contribution in [-0.2, 0) is 6.18 Å². The molecule has 0 aromatic heterocycles. The van der Waals surface area contributed by atoms with E-state index in [2.05, 4.69) is 24.1 Å². The average Bonchev–Trinajstić information content (AvgIpc) is 2.46. The van der Waals surface area contributed by atoms with E-state index in [0.29, 0.717) is 6.54 Å². The van der Waals surface area contributed by atoms with Crippen molar-refractivity contribution in [1.82, 2.24) is 10.2 Å². The first kappa shape index (κ1) is 17.9. The maximum absolute atomic E-state index is 12.6. The summed E-state index contributed by atoms with van der Waals surface area (Å²) in [6.07, 6.45) is -5.32. The quantitative estimate of drug-likeness (QED) is 0.725. The van der Waals surface area contributed by atoms with Gasteiger partial charge in [-0.1, -0.05) is 26.0 Å². The third-order valence-corrected chi connectivity index (χ3v) is 3.44. The van der Waals surface area contributed by atoms with Crippen molar-refractivity contribution in [3.05, 3.63) is 35.4 Å². The van der Waals surface area contributed by atoms with Crippen LogP contribution in [0, 0.1) is 0 Å². The Morgan fingerprint density at radius 1 is 1.24 bits per heavy atom. The highest BCUT2D eigenvalue weighted by Crippen LogP contribution is 2.30. The summed E-state index contributed by atoms with van der Waals surface area (Å²) < 4.78 is 37.8. The molecule has 0 aliphatic heterocycles. The average molecular weight is 304 g/mol. The predicted octanol–water partition coefficient (Wildman–Crippen LogP) is 2.67. The van der Waals surface area contributed by atoms with Crippen LogP contribution >= 0.6 is 0 Å². The third kappa shape index (κ3) is 6.03. The Labute approximate surface area is 123 Å². The molecule has 120 valence electrons. The summed E-state index contributed by atoms with van der Waals surface area (Å²) in [4.78, 5) is 2.23. The van der Waals surface area contributed by atoms with Gasteiger partial charge in [0.15, 0.2) is 0 Å². The minimum absolute atomic E-state index is 0.239. The Morgan fingerprint density at radius 2 is 1.90 bits per heavy atom. The van der Waals surface area contributed by atoms with Gasteiger partial charge in [0.25, 0.3) is 0 Å². The summed E-state index contributed by atoms with van der Waals surface area (Å²) in [5.41, 5.74) is -0.456. The smallest absolute Gasteiger partial charge is 0.387 e. The van der Waals surface area contributed by atoms with Crippen molar-refractivity contribution in [3.63, 3.8) is 0 Å². The highest BCUT2D eigenvalue weighted by atomic mass is 19.4. The number of benzene rings is 1. The largest absolute Gasteiger partial charge is 0.416 e. The molecule has 0 saturated heterocycles. The Morgan fingerprint density at radius 3 is 2.48 bits per heavy atom. The monoisotopic (exact) mass is 304 g/mol. The zero-order valence-corrected chi connectivity index (χ0v) is 12.5. The SMILES string of the molecule is CCN(CC)CCNCC(O)c1cccc(C(F)(F)F)c1. The van der Waals surface area contributed by atoms with Gasteiger partial charge in [-0.2, -0.15) is 13.2 Å². The summed E-state index contributed by atoms with van der Waals surface area (Å²) in [7, 11) is 0. The first-order chi connectivity index (χ1) is 9.88. The fraction of sp³-hybridized carbons (Fsp3) is 0.600. The van der Waals surface area contributed by atoms with Crippen molar-refractivity contribution in [3.8, 4) is 0 Å². The van der Waals surface area contributed by atoms with Gasteiger partial charge in [0.05, 0.1) is 11.7 Å². The summed E-state index contributed by atoms with van der Waals surface area (Å²) in [6, 6.07) is 4.82. The highest BCUT2D eigenvalue weighted by molar-refractivity contribution is 5.27. The van der Waals surface area contributed by atoms with Gasteiger partial charge in [-0.15, -0.1) is 0 Å². The molecule has 6 heteroatoms. The molecule has 1 unspecified atom stereocenters. The van der Waals surface area contributed by atoms with Crippen molar-refractivity contribution in [2.45, 2.75) is 26.1 Å². The van der Waals surface area contributed by atoms with Gasteiger partial charge < -0.3 is 15.3 Å². The topological polar surface area (TPSA) is 35.5 Å². The fourth-order valence-corrected chi connectivity index (χ4v) is 2.06. The summed E-state index contributed by atoms with van der Waals surface area (Å²) in [6.45, 7) is 7.83. The lowest BCUT2D eigenvalue weighted by Gasteiger charge is -2.19. The lowest BCUT2D eigenvalue weighted by atomic mass is 10.1. The van der Waals surface area contributed by atoms with E-state index in [0.717, 1.165) is 31.8 Å². The minimum atomic E-state index is -4.38. The van der Waals surface area contributed by atoms with Crippen LogP contribution in [0.1, 0.15) is 31.1 Å². The zero-order chi connectivity index (χ0) is 15.9. The third-order valence-electron chi connectivity index (χ3n) is 3.44. The number of rotatable bonds is 8. The van der Waals surface area contributed by atoms with Gasteiger partial charge >= 0.3 is 6.18 Å². The summed E-state index contributed by atoms with van der Waals surface area (Å²) in [5.74, 6) is 0. The van der Waals surface area contributed by atoms with Crippen LogP contribution < -0.4 is 5.32 Å².